The van der Waals surface area contributed by atoms with Gasteiger partial charge in [-0.2, -0.15) is 0 Å². The number of nitrogens with one attached hydrogen (secondary N) is 3. The van der Waals surface area contributed by atoms with Crippen LogP contribution in [-0.2, 0) is 24.3 Å². The first-order chi connectivity index (χ1) is 11.7. The van der Waals surface area contributed by atoms with E-state index in [1.54, 1.807) is 19.1 Å². The lowest BCUT2D eigenvalue weighted by Crippen LogP contribution is -2.39. The summed E-state index contributed by atoms with van der Waals surface area (Å²) >= 11 is 0. The van der Waals surface area contributed by atoms with Crippen molar-refractivity contribution in [2.24, 2.45) is 0 Å². The van der Waals surface area contributed by atoms with E-state index in [-0.39, 0.29) is 17.9 Å². The Morgan fingerprint density at radius 3 is 2.40 bits per heavy atom. The Hall–Kier alpha value is -2.46. The van der Waals surface area contributed by atoms with Gasteiger partial charge in [0.2, 0.25) is 10.0 Å². The van der Waals surface area contributed by atoms with Crippen LogP contribution in [0.5, 0.6) is 0 Å². The first kappa shape index (κ1) is 20.6. The molecule has 0 saturated heterocycles. The number of hydrogen-bond donors (Lipinski definition) is 3. The van der Waals surface area contributed by atoms with Gasteiger partial charge in [-0.3, -0.25) is 14.9 Å². The van der Waals surface area contributed by atoms with E-state index in [0.29, 0.717) is 0 Å². The van der Waals surface area contributed by atoms with Crippen molar-refractivity contribution >= 4 is 27.9 Å². The second-order valence-electron chi connectivity index (χ2n) is 5.18. The molecule has 0 aromatic heterocycles. The Kier molecular flexibility index (Phi) is 7.52. The maximum Gasteiger partial charge on any atom is 0.321 e. The molecular weight excluding hydrogens is 350 g/mol. The van der Waals surface area contributed by atoms with E-state index in [2.05, 4.69) is 14.8 Å². The zero-order valence-electron chi connectivity index (χ0n) is 14.2. The number of sulfonamides is 1. The number of esters is 1. The van der Waals surface area contributed by atoms with Crippen molar-refractivity contribution in [2.45, 2.75) is 25.2 Å². The lowest BCUT2D eigenvalue weighted by molar-refractivity contribution is -0.148. The van der Waals surface area contributed by atoms with Crippen LogP contribution in [0.25, 0.3) is 0 Å². The predicted octanol–water partition coefficient (Wildman–Crippen LogP) is -0.0294. The first-order valence-corrected chi connectivity index (χ1v) is 8.88. The van der Waals surface area contributed by atoms with E-state index in [1.165, 1.54) is 13.1 Å². The molecule has 0 radical (unpaired) electrons. The Balaban J connectivity index is 2.42. The van der Waals surface area contributed by atoms with Crippen LogP contribution in [0.3, 0.4) is 0 Å². The molecule has 138 valence electrons. The molecule has 0 heterocycles. The molecule has 0 bridgehead atoms. The fraction of sp³-hybridized carbons (Fsp3) is 0.400. The maximum absolute atomic E-state index is 12.1. The summed E-state index contributed by atoms with van der Waals surface area (Å²) in [5.74, 6) is -1.56. The summed E-state index contributed by atoms with van der Waals surface area (Å²) in [6, 6.07) is 4.00. The second-order valence-corrected chi connectivity index (χ2v) is 6.95. The third kappa shape index (κ3) is 6.89. The summed E-state index contributed by atoms with van der Waals surface area (Å²) < 4.78 is 31.2. The number of urea groups is 1. The molecule has 10 heteroatoms. The minimum atomic E-state index is -3.74. The van der Waals surface area contributed by atoms with Gasteiger partial charge in [0.05, 0.1) is 11.3 Å². The fourth-order valence-corrected chi connectivity index (χ4v) is 2.81. The van der Waals surface area contributed by atoms with Crippen molar-refractivity contribution in [3.8, 4) is 0 Å². The number of aryl methyl sites for hydroxylation is 2. The predicted molar refractivity (Wildman–Crippen MR) is 89.3 cm³/mol. The summed E-state index contributed by atoms with van der Waals surface area (Å²) in [5.41, 5.74) is 1.81. The van der Waals surface area contributed by atoms with Crippen molar-refractivity contribution in [3.63, 3.8) is 0 Å². The molecule has 0 spiro atoms. The van der Waals surface area contributed by atoms with Crippen LogP contribution in [0.1, 0.15) is 17.5 Å². The number of benzene rings is 1. The number of amides is 3. The molecule has 0 aliphatic heterocycles. The molecule has 1 aromatic rings. The minimum absolute atomic E-state index is 0.105. The highest BCUT2D eigenvalue weighted by Crippen LogP contribution is 2.14. The molecule has 1 aromatic carbocycles. The Bertz CT molecular complexity index is 761. The van der Waals surface area contributed by atoms with Crippen molar-refractivity contribution in [2.75, 3.05) is 20.2 Å². The van der Waals surface area contributed by atoms with Gasteiger partial charge >= 0.3 is 12.0 Å². The van der Waals surface area contributed by atoms with Gasteiger partial charge < -0.3 is 10.1 Å². The van der Waals surface area contributed by atoms with E-state index in [0.717, 1.165) is 11.1 Å². The van der Waals surface area contributed by atoms with E-state index in [9.17, 15) is 22.8 Å². The number of ether oxygens (including phenoxy) is 1. The molecule has 0 aliphatic carbocycles. The van der Waals surface area contributed by atoms with Crippen LogP contribution in [0.15, 0.2) is 23.1 Å². The fourth-order valence-electron chi connectivity index (χ4n) is 1.70. The molecule has 0 saturated carbocycles. The topological polar surface area (TPSA) is 131 Å². The van der Waals surface area contributed by atoms with Gasteiger partial charge in [-0.25, -0.2) is 17.9 Å². The summed E-state index contributed by atoms with van der Waals surface area (Å²) in [7, 11) is -2.41. The largest absolute Gasteiger partial charge is 0.456 e. The SMILES string of the molecule is CNC(=O)NC(=O)COC(=O)CCNS(=O)(=O)c1ccc(C)c(C)c1. The molecule has 1 rings (SSSR count). The highest BCUT2D eigenvalue weighted by Gasteiger charge is 2.16. The molecular formula is C15H21N3O6S. The van der Waals surface area contributed by atoms with Gasteiger partial charge in [0.15, 0.2) is 6.61 Å². The summed E-state index contributed by atoms with van der Waals surface area (Å²) in [6.45, 7) is 2.87. The quantitative estimate of drug-likeness (QED) is 0.577. The highest BCUT2D eigenvalue weighted by atomic mass is 32.2. The van der Waals surface area contributed by atoms with Crippen molar-refractivity contribution in [3.05, 3.63) is 29.3 Å². The molecule has 25 heavy (non-hydrogen) atoms. The average Bonchev–Trinajstić information content (AvgIpc) is 2.55. The zero-order chi connectivity index (χ0) is 19.0. The normalized spacial score (nSPS) is 10.8. The number of carbonyl (C=O) groups excluding carboxylic acids is 3. The Morgan fingerprint density at radius 1 is 1.12 bits per heavy atom. The summed E-state index contributed by atoms with van der Waals surface area (Å²) in [5, 5.41) is 4.09. The third-order valence-electron chi connectivity index (χ3n) is 3.25. The monoisotopic (exact) mass is 371 g/mol. The zero-order valence-corrected chi connectivity index (χ0v) is 15.0. The van der Waals surface area contributed by atoms with Crippen LogP contribution < -0.4 is 15.4 Å². The van der Waals surface area contributed by atoms with Crippen LogP contribution in [-0.4, -0.2) is 46.5 Å². The molecule has 9 nitrogen and oxygen atoms in total. The molecule has 3 N–H and O–H groups in total. The lowest BCUT2D eigenvalue weighted by atomic mass is 10.1. The number of rotatable bonds is 7. The maximum atomic E-state index is 12.1. The lowest BCUT2D eigenvalue weighted by Gasteiger charge is -2.09. The molecule has 3 amide bonds. The van der Waals surface area contributed by atoms with Crippen LogP contribution in [0.2, 0.25) is 0 Å². The Morgan fingerprint density at radius 2 is 1.80 bits per heavy atom. The van der Waals surface area contributed by atoms with Crippen molar-refractivity contribution in [1.29, 1.82) is 0 Å². The first-order valence-electron chi connectivity index (χ1n) is 7.40. The average molecular weight is 371 g/mol. The highest BCUT2D eigenvalue weighted by molar-refractivity contribution is 7.89. The minimum Gasteiger partial charge on any atom is -0.456 e. The molecule has 0 unspecified atom stereocenters. The summed E-state index contributed by atoms with van der Waals surface area (Å²) in [6.07, 6.45) is -0.253. The van der Waals surface area contributed by atoms with Gasteiger partial charge in [-0.15, -0.1) is 0 Å². The van der Waals surface area contributed by atoms with Crippen molar-refractivity contribution in [1.82, 2.24) is 15.4 Å². The Labute approximate surface area is 146 Å². The van der Waals surface area contributed by atoms with Gasteiger partial charge in [-0.1, -0.05) is 6.07 Å². The standard InChI is InChI=1S/C15H21N3O6S/c1-10-4-5-12(8-11(10)2)25(22,23)17-7-6-14(20)24-9-13(19)18-15(21)16-3/h4-5,8,17H,6-7,9H2,1-3H3,(H2,16,18,19,21). The molecule has 0 fully saturated rings. The van der Waals surface area contributed by atoms with Gasteiger partial charge in [0.1, 0.15) is 0 Å². The number of carbonyl (C=O) groups is 3. The van der Waals surface area contributed by atoms with Gasteiger partial charge in [-0.05, 0) is 37.1 Å². The smallest absolute Gasteiger partial charge is 0.321 e. The molecule has 0 aliphatic rings. The van der Waals surface area contributed by atoms with Crippen LogP contribution in [0, 0.1) is 13.8 Å². The van der Waals surface area contributed by atoms with E-state index in [1.807, 2.05) is 12.2 Å². The third-order valence-corrected chi connectivity index (χ3v) is 4.71. The van der Waals surface area contributed by atoms with E-state index in [4.69, 9.17) is 0 Å². The second kappa shape index (κ2) is 9.14. The van der Waals surface area contributed by atoms with Crippen LogP contribution >= 0.6 is 0 Å². The van der Waals surface area contributed by atoms with Gasteiger partial charge in [0.25, 0.3) is 5.91 Å². The number of hydrogen-bond acceptors (Lipinski definition) is 6. The van der Waals surface area contributed by atoms with E-state index < -0.39 is 34.5 Å². The van der Waals surface area contributed by atoms with Gasteiger partial charge in [0, 0.05) is 13.6 Å². The molecule has 0 atom stereocenters. The number of imide groups is 1. The van der Waals surface area contributed by atoms with E-state index >= 15 is 0 Å². The van der Waals surface area contributed by atoms with Crippen LogP contribution in [0.4, 0.5) is 4.79 Å². The van der Waals surface area contributed by atoms with Crippen molar-refractivity contribution < 1.29 is 27.5 Å². The summed E-state index contributed by atoms with van der Waals surface area (Å²) in [4.78, 5) is 33.7.